The van der Waals surface area contributed by atoms with Crippen LogP contribution in [0.5, 0.6) is 0 Å². The van der Waals surface area contributed by atoms with Gasteiger partial charge in [0.25, 0.3) is 5.91 Å². The maximum Gasteiger partial charge on any atom is 0.300 e. The van der Waals surface area contributed by atoms with E-state index in [-0.39, 0.29) is 10.6 Å². The number of nitrogens with zero attached hydrogens (tertiary/aromatic N) is 1. The molecular formula is C11H12ClN3O4. The molecule has 0 aliphatic heterocycles. The number of hydrogen-bond donors (Lipinski definition) is 2. The summed E-state index contributed by atoms with van der Waals surface area (Å²) in [5, 5.41) is 15.5. The molecule has 0 aliphatic carbocycles. The third-order valence-electron chi connectivity index (χ3n) is 2.40. The highest BCUT2D eigenvalue weighted by Crippen LogP contribution is 2.28. The van der Waals surface area contributed by atoms with Crippen LogP contribution in [0.3, 0.4) is 0 Å². The molecule has 0 aliphatic rings. The fraction of sp³-hybridized carbons (Fsp3) is 0.273. The lowest BCUT2D eigenvalue weighted by molar-refractivity contribution is -0.385. The molecule has 0 fully saturated rings. The minimum Gasteiger partial charge on any atom is -0.357 e. The minimum atomic E-state index is -0.809. The van der Waals surface area contributed by atoms with Crippen LogP contribution in [0.1, 0.15) is 17.3 Å². The molecule has 7 nitrogen and oxygen atoms in total. The topological polar surface area (TPSA) is 101 Å². The molecule has 8 heteroatoms. The second-order valence-electron chi connectivity index (χ2n) is 3.70. The van der Waals surface area contributed by atoms with Gasteiger partial charge in [-0.2, -0.15) is 0 Å². The van der Waals surface area contributed by atoms with Gasteiger partial charge in [-0.1, -0.05) is 17.7 Å². The van der Waals surface area contributed by atoms with Crippen molar-refractivity contribution < 1.29 is 14.5 Å². The fourth-order valence-electron chi connectivity index (χ4n) is 1.44. The van der Waals surface area contributed by atoms with E-state index in [4.69, 9.17) is 11.6 Å². The van der Waals surface area contributed by atoms with Gasteiger partial charge in [-0.25, -0.2) is 0 Å². The molecule has 1 aromatic rings. The van der Waals surface area contributed by atoms with Gasteiger partial charge in [-0.15, -0.1) is 0 Å². The number of nitrogens with one attached hydrogen (secondary N) is 2. The first-order valence-electron chi connectivity index (χ1n) is 5.33. The van der Waals surface area contributed by atoms with Gasteiger partial charge < -0.3 is 10.6 Å². The first kappa shape index (κ1) is 14.9. The first-order valence-corrected chi connectivity index (χ1v) is 5.71. The Bertz CT molecular complexity index is 533. The third-order valence-corrected chi connectivity index (χ3v) is 2.71. The van der Waals surface area contributed by atoms with Crippen LogP contribution in [-0.2, 0) is 4.79 Å². The van der Waals surface area contributed by atoms with E-state index in [0.717, 1.165) is 0 Å². The number of hydrogen-bond acceptors (Lipinski definition) is 4. The van der Waals surface area contributed by atoms with Gasteiger partial charge >= 0.3 is 5.69 Å². The van der Waals surface area contributed by atoms with Gasteiger partial charge in [0.1, 0.15) is 16.6 Å². The van der Waals surface area contributed by atoms with Crippen molar-refractivity contribution in [3.63, 3.8) is 0 Å². The van der Waals surface area contributed by atoms with Crippen molar-refractivity contribution in [3.8, 4) is 0 Å². The number of carbonyl (C=O) groups excluding carboxylic acids is 2. The van der Waals surface area contributed by atoms with Crippen LogP contribution in [0.15, 0.2) is 18.2 Å². The summed E-state index contributed by atoms with van der Waals surface area (Å²) < 4.78 is 0. The van der Waals surface area contributed by atoms with Gasteiger partial charge in [-0.05, 0) is 19.1 Å². The van der Waals surface area contributed by atoms with Gasteiger partial charge in [0, 0.05) is 7.05 Å². The number of nitro benzene ring substituents is 1. The number of amides is 2. The van der Waals surface area contributed by atoms with E-state index in [9.17, 15) is 19.7 Å². The van der Waals surface area contributed by atoms with E-state index in [1.807, 2.05) is 0 Å². The summed E-state index contributed by atoms with van der Waals surface area (Å²) in [6, 6.07) is 3.21. The summed E-state index contributed by atoms with van der Waals surface area (Å²) in [5.74, 6) is -1.14. The summed E-state index contributed by atoms with van der Waals surface area (Å²) in [4.78, 5) is 33.3. The van der Waals surface area contributed by atoms with Gasteiger partial charge in [0.05, 0.1) is 4.92 Å². The lowest BCUT2D eigenvalue weighted by Crippen LogP contribution is -2.43. The fourth-order valence-corrected chi connectivity index (χ4v) is 1.68. The van der Waals surface area contributed by atoms with Crippen LogP contribution in [-0.4, -0.2) is 29.8 Å². The second-order valence-corrected chi connectivity index (χ2v) is 4.11. The number of nitro groups is 1. The van der Waals surface area contributed by atoms with Crippen molar-refractivity contribution >= 4 is 29.1 Å². The van der Waals surface area contributed by atoms with Gasteiger partial charge in [-0.3, -0.25) is 19.7 Å². The number of benzene rings is 1. The smallest absolute Gasteiger partial charge is 0.300 e. The molecule has 1 atom stereocenters. The Morgan fingerprint density at radius 1 is 1.42 bits per heavy atom. The van der Waals surface area contributed by atoms with E-state index in [1.165, 1.54) is 32.2 Å². The molecule has 0 heterocycles. The Labute approximate surface area is 114 Å². The van der Waals surface area contributed by atoms with Crippen LogP contribution in [0.25, 0.3) is 0 Å². The predicted molar refractivity (Wildman–Crippen MR) is 69.1 cm³/mol. The molecule has 2 N–H and O–H groups in total. The van der Waals surface area contributed by atoms with Crippen molar-refractivity contribution in [2.45, 2.75) is 13.0 Å². The van der Waals surface area contributed by atoms with E-state index in [2.05, 4.69) is 10.6 Å². The van der Waals surface area contributed by atoms with Crippen molar-refractivity contribution in [1.29, 1.82) is 0 Å². The van der Waals surface area contributed by atoms with Crippen molar-refractivity contribution in [3.05, 3.63) is 38.9 Å². The van der Waals surface area contributed by atoms with E-state index >= 15 is 0 Å². The highest BCUT2D eigenvalue weighted by atomic mass is 35.5. The summed E-state index contributed by atoms with van der Waals surface area (Å²) in [7, 11) is 1.42. The normalized spacial score (nSPS) is 11.5. The average molecular weight is 286 g/mol. The molecule has 0 saturated carbocycles. The monoisotopic (exact) mass is 285 g/mol. The zero-order valence-corrected chi connectivity index (χ0v) is 11.0. The van der Waals surface area contributed by atoms with Gasteiger partial charge in [0.2, 0.25) is 5.91 Å². The van der Waals surface area contributed by atoms with Gasteiger partial charge in [0.15, 0.2) is 0 Å². The van der Waals surface area contributed by atoms with Crippen LogP contribution < -0.4 is 10.6 Å². The molecule has 0 saturated heterocycles. The zero-order valence-electron chi connectivity index (χ0n) is 10.3. The molecule has 102 valence electrons. The second kappa shape index (κ2) is 6.14. The highest BCUT2D eigenvalue weighted by Gasteiger charge is 2.25. The number of para-hydroxylation sites is 1. The van der Waals surface area contributed by atoms with Crippen molar-refractivity contribution in [2.75, 3.05) is 7.05 Å². The van der Waals surface area contributed by atoms with E-state index in [0.29, 0.717) is 0 Å². The molecule has 0 aromatic heterocycles. The average Bonchev–Trinajstić information content (AvgIpc) is 2.36. The summed E-state index contributed by atoms with van der Waals surface area (Å²) in [6.45, 7) is 1.47. The van der Waals surface area contributed by atoms with E-state index in [1.54, 1.807) is 0 Å². The SMILES string of the molecule is CNC(=O)C(C)NC(=O)c1cccc(Cl)c1[N+](=O)[O-]. The summed E-state index contributed by atoms with van der Waals surface area (Å²) in [5.41, 5.74) is -0.668. The van der Waals surface area contributed by atoms with Crippen LogP contribution in [0, 0.1) is 10.1 Å². The number of likely N-dealkylation sites (N-methyl/N-ethyl adjacent to an activating group) is 1. The Kier molecular flexibility index (Phi) is 4.82. The highest BCUT2D eigenvalue weighted by molar-refractivity contribution is 6.33. The Balaban J connectivity index is 3.04. The minimum absolute atomic E-state index is 0.134. The Morgan fingerprint density at radius 3 is 2.58 bits per heavy atom. The maximum atomic E-state index is 11.9. The molecular weight excluding hydrogens is 274 g/mol. The maximum absolute atomic E-state index is 11.9. The van der Waals surface area contributed by atoms with E-state index < -0.39 is 28.5 Å². The first-order chi connectivity index (χ1) is 8.88. The summed E-state index contributed by atoms with van der Waals surface area (Å²) in [6.07, 6.45) is 0. The molecule has 0 spiro atoms. The lowest BCUT2D eigenvalue weighted by atomic mass is 10.1. The molecule has 19 heavy (non-hydrogen) atoms. The molecule has 1 rings (SSSR count). The number of halogens is 1. The number of carbonyl (C=O) groups is 2. The van der Waals surface area contributed by atoms with Crippen LogP contribution in [0.4, 0.5) is 5.69 Å². The van der Waals surface area contributed by atoms with Crippen molar-refractivity contribution in [2.24, 2.45) is 0 Å². The molecule has 0 bridgehead atoms. The molecule has 1 aromatic carbocycles. The predicted octanol–water partition coefficient (Wildman–Crippen LogP) is 1.11. The molecule has 2 amide bonds. The standard InChI is InChI=1S/C11H12ClN3O4/c1-6(10(16)13-2)14-11(17)7-4-3-5-8(12)9(7)15(18)19/h3-6H,1-2H3,(H,13,16)(H,14,17). The number of rotatable bonds is 4. The zero-order chi connectivity index (χ0) is 14.6. The molecule has 0 radical (unpaired) electrons. The Hall–Kier alpha value is -2.15. The Morgan fingerprint density at radius 2 is 2.05 bits per heavy atom. The van der Waals surface area contributed by atoms with Crippen LogP contribution in [0.2, 0.25) is 5.02 Å². The lowest BCUT2D eigenvalue weighted by Gasteiger charge is -2.12. The van der Waals surface area contributed by atoms with Crippen molar-refractivity contribution in [1.82, 2.24) is 10.6 Å². The largest absolute Gasteiger partial charge is 0.357 e. The third kappa shape index (κ3) is 3.41. The summed E-state index contributed by atoms with van der Waals surface area (Å²) >= 11 is 5.69. The quantitative estimate of drug-likeness (QED) is 0.639. The van der Waals surface area contributed by atoms with Crippen LogP contribution >= 0.6 is 11.6 Å². The molecule has 1 unspecified atom stereocenters.